The second-order valence-corrected chi connectivity index (χ2v) is 8.52. The Balaban J connectivity index is 1.72. The van der Waals surface area contributed by atoms with Crippen LogP contribution >= 0.6 is 0 Å². The molecule has 3 rings (SSSR count). The van der Waals surface area contributed by atoms with Crippen molar-refractivity contribution in [3.05, 3.63) is 65.2 Å². The van der Waals surface area contributed by atoms with E-state index in [0.29, 0.717) is 12.3 Å². The summed E-state index contributed by atoms with van der Waals surface area (Å²) in [4.78, 5) is 27.9. The number of benzene rings is 2. The molecule has 166 valence electrons. The lowest BCUT2D eigenvalue weighted by atomic mass is 9.95. The number of carbonyl (C=O) groups is 2. The minimum Gasteiger partial charge on any atom is -0.484 e. The van der Waals surface area contributed by atoms with E-state index < -0.39 is 6.04 Å². The molecule has 1 saturated carbocycles. The molecule has 0 aromatic heterocycles. The number of carbonyl (C=O) groups excluding carboxylic acids is 2. The van der Waals surface area contributed by atoms with E-state index in [1.807, 2.05) is 69.3 Å². The standard InChI is InChI=1S/C26H34N2O3/c1-19-11-7-9-13-22(19)17-28(21(3)26(30)27-23-14-5-4-6-15-23)25(29)18-31-24-16-10-8-12-20(24)2/h7-13,16,21,23H,4-6,14-15,17-18H2,1-3H3,(H,27,30)/t21-/m0/s1. The van der Waals surface area contributed by atoms with E-state index in [9.17, 15) is 9.59 Å². The number of ether oxygens (including phenoxy) is 1. The molecule has 1 fully saturated rings. The van der Waals surface area contributed by atoms with Gasteiger partial charge < -0.3 is 15.0 Å². The summed E-state index contributed by atoms with van der Waals surface area (Å²) in [6, 6.07) is 15.2. The Hall–Kier alpha value is -2.82. The summed E-state index contributed by atoms with van der Waals surface area (Å²) in [6.45, 7) is 6.06. The molecule has 0 spiro atoms. The van der Waals surface area contributed by atoms with Crippen LogP contribution < -0.4 is 10.1 Å². The Morgan fingerprint density at radius 3 is 2.32 bits per heavy atom. The lowest BCUT2D eigenvalue weighted by molar-refractivity contribution is -0.142. The molecule has 0 bridgehead atoms. The first-order chi connectivity index (χ1) is 15.0. The smallest absolute Gasteiger partial charge is 0.261 e. The number of aryl methyl sites for hydroxylation is 2. The van der Waals surface area contributed by atoms with Crippen molar-refractivity contribution in [2.24, 2.45) is 0 Å². The van der Waals surface area contributed by atoms with Crippen molar-refractivity contribution in [2.45, 2.75) is 71.5 Å². The fourth-order valence-electron chi connectivity index (χ4n) is 4.06. The fraction of sp³-hybridized carbons (Fsp3) is 0.462. The molecule has 0 aliphatic heterocycles. The molecule has 1 aliphatic rings. The number of nitrogens with zero attached hydrogens (tertiary/aromatic N) is 1. The van der Waals surface area contributed by atoms with E-state index in [1.165, 1.54) is 6.42 Å². The molecule has 0 saturated heterocycles. The van der Waals surface area contributed by atoms with Crippen molar-refractivity contribution in [3.8, 4) is 5.75 Å². The Labute approximate surface area is 185 Å². The Morgan fingerprint density at radius 1 is 1.00 bits per heavy atom. The van der Waals surface area contributed by atoms with Crippen LogP contribution in [0.15, 0.2) is 48.5 Å². The first-order valence-electron chi connectivity index (χ1n) is 11.3. The van der Waals surface area contributed by atoms with Gasteiger partial charge in [-0.3, -0.25) is 9.59 Å². The maximum atomic E-state index is 13.2. The first-order valence-corrected chi connectivity index (χ1v) is 11.3. The van der Waals surface area contributed by atoms with Crippen molar-refractivity contribution in [1.29, 1.82) is 0 Å². The zero-order chi connectivity index (χ0) is 22.2. The second-order valence-electron chi connectivity index (χ2n) is 8.52. The van der Waals surface area contributed by atoms with Gasteiger partial charge in [0.25, 0.3) is 5.91 Å². The highest BCUT2D eigenvalue weighted by molar-refractivity contribution is 5.88. The van der Waals surface area contributed by atoms with Crippen LogP contribution in [0.25, 0.3) is 0 Å². The summed E-state index contributed by atoms with van der Waals surface area (Å²) in [6.07, 6.45) is 5.56. The monoisotopic (exact) mass is 422 g/mol. The quantitative estimate of drug-likeness (QED) is 0.679. The summed E-state index contributed by atoms with van der Waals surface area (Å²) in [7, 11) is 0. The van der Waals surface area contributed by atoms with E-state index >= 15 is 0 Å². The van der Waals surface area contributed by atoms with Crippen LogP contribution in [-0.2, 0) is 16.1 Å². The average molecular weight is 423 g/mol. The highest BCUT2D eigenvalue weighted by atomic mass is 16.5. The van der Waals surface area contributed by atoms with Gasteiger partial charge >= 0.3 is 0 Å². The van der Waals surface area contributed by atoms with Crippen molar-refractivity contribution in [1.82, 2.24) is 10.2 Å². The minimum atomic E-state index is -0.575. The number of amides is 2. The zero-order valence-corrected chi connectivity index (χ0v) is 18.9. The molecule has 2 amide bonds. The van der Waals surface area contributed by atoms with E-state index in [0.717, 1.165) is 42.4 Å². The maximum absolute atomic E-state index is 13.2. The summed E-state index contributed by atoms with van der Waals surface area (Å²) >= 11 is 0. The Morgan fingerprint density at radius 2 is 1.65 bits per heavy atom. The van der Waals surface area contributed by atoms with Crippen molar-refractivity contribution < 1.29 is 14.3 Å². The Kier molecular flexibility index (Phi) is 8.10. The van der Waals surface area contributed by atoms with Gasteiger partial charge in [0.2, 0.25) is 5.91 Å². The van der Waals surface area contributed by atoms with Crippen LogP contribution in [-0.4, -0.2) is 35.4 Å². The van der Waals surface area contributed by atoms with E-state index in [2.05, 4.69) is 5.32 Å². The van der Waals surface area contributed by atoms with Gasteiger partial charge in [-0.1, -0.05) is 61.7 Å². The topological polar surface area (TPSA) is 58.6 Å². The van der Waals surface area contributed by atoms with Gasteiger partial charge in [-0.2, -0.15) is 0 Å². The van der Waals surface area contributed by atoms with Gasteiger partial charge in [0.1, 0.15) is 11.8 Å². The Bertz CT molecular complexity index is 890. The zero-order valence-electron chi connectivity index (χ0n) is 18.9. The molecule has 0 heterocycles. The number of hydrogen-bond donors (Lipinski definition) is 1. The molecule has 1 atom stereocenters. The molecular weight excluding hydrogens is 388 g/mol. The largest absolute Gasteiger partial charge is 0.484 e. The van der Waals surface area contributed by atoms with Crippen LogP contribution in [0.3, 0.4) is 0 Å². The maximum Gasteiger partial charge on any atom is 0.261 e. The molecule has 1 aliphatic carbocycles. The average Bonchev–Trinajstić information content (AvgIpc) is 2.78. The molecule has 5 heteroatoms. The van der Waals surface area contributed by atoms with Crippen LogP contribution in [0, 0.1) is 13.8 Å². The van der Waals surface area contributed by atoms with E-state index in [-0.39, 0.29) is 24.5 Å². The molecule has 0 radical (unpaired) electrons. The predicted molar refractivity (Wildman–Crippen MR) is 123 cm³/mol. The fourth-order valence-corrected chi connectivity index (χ4v) is 4.06. The summed E-state index contributed by atoms with van der Waals surface area (Å²) in [5, 5.41) is 3.16. The van der Waals surface area contributed by atoms with Crippen molar-refractivity contribution in [3.63, 3.8) is 0 Å². The third-order valence-electron chi connectivity index (χ3n) is 6.17. The number of nitrogens with one attached hydrogen (secondary N) is 1. The molecule has 5 nitrogen and oxygen atoms in total. The van der Waals surface area contributed by atoms with Crippen LogP contribution in [0.5, 0.6) is 5.75 Å². The number of hydrogen-bond acceptors (Lipinski definition) is 3. The van der Waals surface area contributed by atoms with Gasteiger partial charge in [-0.05, 0) is 56.4 Å². The third-order valence-corrected chi connectivity index (χ3v) is 6.17. The summed E-state index contributed by atoms with van der Waals surface area (Å²) < 4.78 is 5.80. The highest BCUT2D eigenvalue weighted by Gasteiger charge is 2.28. The first kappa shape index (κ1) is 22.9. The van der Waals surface area contributed by atoms with Crippen molar-refractivity contribution in [2.75, 3.05) is 6.61 Å². The number of para-hydroxylation sites is 1. The van der Waals surface area contributed by atoms with E-state index in [1.54, 1.807) is 4.90 Å². The van der Waals surface area contributed by atoms with Crippen molar-refractivity contribution >= 4 is 11.8 Å². The molecule has 0 unspecified atom stereocenters. The summed E-state index contributed by atoms with van der Waals surface area (Å²) in [5.41, 5.74) is 3.10. The van der Waals surface area contributed by atoms with Gasteiger partial charge in [-0.25, -0.2) is 0 Å². The van der Waals surface area contributed by atoms with E-state index in [4.69, 9.17) is 4.74 Å². The normalized spacial score (nSPS) is 15.2. The second kappa shape index (κ2) is 11.0. The van der Waals surface area contributed by atoms with Gasteiger partial charge in [0.15, 0.2) is 6.61 Å². The predicted octanol–water partition coefficient (Wildman–Crippen LogP) is 4.55. The molecule has 1 N–H and O–H groups in total. The van der Waals surface area contributed by atoms with Gasteiger partial charge in [-0.15, -0.1) is 0 Å². The molecule has 2 aromatic rings. The van der Waals surface area contributed by atoms with Gasteiger partial charge in [0, 0.05) is 12.6 Å². The highest BCUT2D eigenvalue weighted by Crippen LogP contribution is 2.20. The SMILES string of the molecule is Cc1ccccc1CN(C(=O)COc1ccccc1C)[C@@H](C)C(=O)NC1CCCCC1. The molecular formula is C26H34N2O3. The van der Waals surface area contributed by atoms with Gasteiger partial charge in [0.05, 0.1) is 0 Å². The number of rotatable bonds is 8. The lowest BCUT2D eigenvalue weighted by Crippen LogP contribution is -2.51. The lowest BCUT2D eigenvalue weighted by Gasteiger charge is -2.31. The molecule has 31 heavy (non-hydrogen) atoms. The van der Waals surface area contributed by atoms with Crippen LogP contribution in [0.2, 0.25) is 0 Å². The molecule has 2 aromatic carbocycles. The minimum absolute atomic E-state index is 0.0928. The van der Waals surface area contributed by atoms with Crippen LogP contribution in [0.1, 0.15) is 55.7 Å². The summed E-state index contributed by atoms with van der Waals surface area (Å²) in [5.74, 6) is 0.397. The third kappa shape index (κ3) is 6.33. The van der Waals surface area contributed by atoms with Crippen LogP contribution in [0.4, 0.5) is 0 Å².